The molecule has 0 radical (unpaired) electrons. The van der Waals surface area contributed by atoms with Gasteiger partial charge in [-0.15, -0.1) is 0 Å². The number of benzene rings is 1. The second-order valence-corrected chi connectivity index (χ2v) is 3.43. The maximum atomic E-state index is 13.2. The molecule has 3 heteroatoms. The van der Waals surface area contributed by atoms with Gasteiger partial charge in [-0.1, -0.05) is 12.1 Å². The average Bonchev–Trinajstić information content (AvgIpc) is 2.07. The van der Waals surface area contributed by atoms with E-state index in [9.17, 15) is 4.39 Å². The van der Waals surface area contributed by atoms with Crippen molar-refractivity contribution in [1.29, 1.82) is 0 Å². The number of hydrogen-bond acceptors (Lipinski definition) is 2. The van der Waals surface area contributed by atoms with E-state index in [4.69, 9.17) is 10.5 Å². The lowest BCUT2D eigenvalue weighted by molar-refractivity contribution is 0.168. The Kier molecular flexibility index (Phi) is 1.96. The van der Waals surface area contributed by atoms with Gasteiger partial charge in [0.2, 0.25) is 0 Å². The van der Waals surface area contributed by atoms with Crippen LogP contribution in [0.1, 0.15) is 24.9 Å². The lowest BCUT2D eigenvalue weighted by Gasteiger charge is -2.28. The van der Waals surface area contributed by atoms with Crippen molar-refractivity contribution in [1.82, 2.24) is 0 Å². The second kappa shape index (κ2) is 3.00. The van der Waals surface area contributed by atoms with Gasteiger partial charge in [-0.25, -0.2) is 4.39 Å². The van der Waals surface area contributed by atoms with Crippen LogP contribution in [0, 0.1) is 5.82 Å². The van der Waals surface area contributed by atoms with E-state index >= 15 is 0 Å². The zero-order chi connectivity index (χ0) is 9.42. The fourth-order valence-electron chi connectivity index (χ4n) is 1.68. The molecule has 2 rings (SSSR count). The summed E-state index contributed by atoms with van der Waals surface area (Å²) in [5.41, 5.74) is 6.64. The van der Waals surface area contributed by atoms with Crippen LogP contribution in [0.3, 0.4) is 0 Å². The summed E-state index contributed by atoms with van der Waals surface area (Å²) in [6.07, 6.45) is 0.746. The van der Waals surface area contributed by atoms with Gasteiger partial charge in [0.05, 0.1) is 6.10 Å². The largest absolute Gasteiger partial charge is 0.487 e. The van der Waals surface area contributed by atoms with Gasteiger partial charge in [-0.05, 0) is 13.0 Å². The fraction of sp³-hybridized carbons (Fsp3) is 0.400. The zero-order valence-corrected chi connectivity index (χ0v) is 7.46. The van der Waals surface area contributed by atoms with Crippen molar-refractivity contribution < 1.29 is 9.13 Å². The van der Waals surface area contributed by atoms with Gasteiger partial charge in [0.25, 0.3) is 0 Å². The van der Waals surface area contributed by atoms with Crippen molar-refractivity contribution in [3.8, 4) is 5.75 Å². The highest BCUT2D eigenvalue weighted by molar-refractivity contribution is 5.38. The van der Waals surface area contributed by atoms with Crippen LogP contribution >= 0.6 is 0 Å². The van der Waals surface area contributed by atoms with E-state index in [0.29, 0.717) is 5.75 Å². The number of hydrogen-bond donors (Lipinski definition) is 1. The molecule has 1 heterocycles. The van der Waals surface area contributed by atoms with Crippen LogP contribution in [0.2, 0.25) is 0 Å². The summed E-state index contributed by atoms with van der Waals surface area (Å²) < 4.78 is 18.6. The molecule has 0 amide bonds. The molecule has 0 saturated heterocycles. The number of para-hydroxylation sites is 1. The van der Waals surface area contributed by atoms with Crippen molar-refractivity contribution in [2.45, 2.75) is 25.5 Å². The number of rotatable bonds is 0. The van der Waals surface area contributed by atoms with E-state index in [-0.39, 0.29) is 18.0 Å². The minimum absolute atomic E-state index is 0.000556. The molecular formula is C10H12FNO. The smallest absolute Gasteiger partial charge is 0.165 e. The van der Waals surface area contributed by atoms with Crippen molar-refractivity contribution in [2.75, 3.05) is 0 Å². The van der Waals surface area contributed by atoms with Crippen LogP contribution < -0.4 is 10.5 Å². The van der Waals surface area contributed by atoms with Crippen molar-refractivity contribution in [3.05, 3.63) is 29.6 Å². The molecule has 2 unspecified atom stereocenters. The Labute approximate surface area is 76.5 Å². The molecule has 1 aromatic rings. The third-order valence-electron chi connectivity index (χ3n) is 2.30. The molecule has 1 aliphatic heterocycles. The number of fused-ring (bicyclic) bond motifs is 1. The monoisotopic (exact) mass is 181 g/mol. The first-order valence-corrected chi connectivity index (χ1v) is 4.39. The molecule has 2 atom stereocenters. The summed E-state index contributed by atoms with van der Waals surface area (Å²) in [7, 11) is 0. The van der Waals surface area contributed by atoms with Crippen molar-refractivity contribution in [3.63, 3.8) is 0 Å². The summed E-state index contributed by atoms with van der Waals surface area (Å²) >= 11 is 0. The maximum Gasteiger partial charge on any atom is 0.165 e. The highest BCUT2D eigenvalue weighted by Crippen LogP contribution is 2.34. The van der Waals surface area contributed by atoms with E-state index < -0.39 is 0 Å². The normalized spacial score (nSPS) is 26.4. The quantitative estimate of drug-likeness (QED) is 0.664. The first-order valence-electron chi connectivity index (χ1n) is 4.39. The first-order chi connectivity index (χ1) is 6.18. The molecular weight excluding hydrogens is 169 g/mol. The summed E-state index contributed by atoms with van der Waals surface area (Å²) in [6, 6.07) is 4.76. The topological polar surface area (TPSA) is 35.2 Å². The molecule has 0 spiro atoms. The van der Waals surface area contributed by atoms with Crippen molar-refractivity contribution in [2.24, 2.45) is 5.73 Å². The SMILES string of the molecule is CC1CC(N)c2cccc(F)c2O1. The van der Waals surface area contributed by atoms with Gasteiger partial charge in [-0.3, -0.25) is 0 Å². The maximum absolute atomic E-state index is 13.2. The molecule has 1 aliphatic rings. The van der Waals surface area contributed by atoms with Crippen LogP contribution in [-0.4, -0.2) is 6.10 Å². The molecule has 0 aliphatic carbocycles. The Balaban J connectivity index is 2.49. The Morgan fingerprint density at radius 1 is 1.54 bits per heavy atom. The van der Waals surface area contributed by atoms with Crippen molar-refractivity contribution >= 4 is 0 Å². The summed E-state index contributed by atoms with van der Waals surface area (Å²) in [6.45, 7) is 1.90. The van der Waals surface area contributed by atoms with Crippen LogP contribution in [0.25, 0.3) is 0 Å². The van der Waals surface area contributed by atoms with E-state index in [2.05, 4.69) is 0 Å². The highest BCUT2D eigenvalue weighted by Gasteiger charge is 2.25. The molecule has 2 nitrogen and oxygen atoms in total. The van der Waals surface area contributed by atoms with Crippen LogP contribution in [-0.2, 0) is 0 Å². The number of nitrogens with two attached hydrogens (primary N) is 1. The van der Waals surface area contributed by atoms with Gasteiger partial charge in [0.1, 0.15) is 0 Å². The van der Waals surface area contributed by atoms with Crippen LogP contribution in [0.4, 0.5) is 4.39 Å². The Morgan fingerprint density at radius 3 is 3.08 bits per heavy atom. The minimum atomic E-state index is -0.320. The summed E-state index contributed by atoms with van der Waals surface area (Å²) in [5, 5.41) is 0. The Hall–Kier alpha value is -1.09. The van der Waals surface area contributed by atoms with Crippen LogP contribution in [0.15, 0.2) is 18.2 Å². The zero-order valence-electron chi connectivity index (χ0n) is 7.46. The third-order valence-corrected chi connectivity index (χ3v) is 2.30. The molecule has 70 valence electrons. The van der Waals surface area contributed by atoms with Gasteiger partial charge in [-0.2, -0.15) is 0 Å². The fourth-order valence-corrected chi connectivity index (χ4v) is 1.68. The Bertz CT molecular complexity index is 327. The predicted octanol–water partition coefficient (Wildman–Crippen LogP) is 2.00. The molecule has 1 aromatic carbocycles. The van der Waals surface area contributed by atoms with Gasteiger partial charge >= 0.3 is 0 Å². The number of ether oxygens (including phenoxy) is 1. The lowest BCUT2D eigenvalue weighted by Crippen LogP contribution is -2.27. The van der Waals surface area contributed by atoms with Crippen LogP contribution in [0.5, 0.6) is 5.75 Å². The summed E-state index contributed by atoms with van der Waals surface area (Å²) in [4.78, 5) is 0. The third kappa shape index (κ3) is 1.40. The van der Waals surface area contributed by atoms with E-state index in [1.807, 2.05) is 13.0 Å². The highest BCUT2D eigenvalue weighted by atomic mass is 19.1. The van der Waals surface area contributed by atoms with Gasteiger partial charge in [0, 0.05) is 18.0 Å². The summed E-state index contributed by atoms with van der Waals surface area (Å²) in [5.74, 6) is 0.00764. The molecule has 0 bridgehead atoms. The molecule has 0 fully saturated rings. The Morgan fingerprint density at radius 2 is 2.31 bits per heavy atom. The van der Waals surface area contributed by atoms with Gasteiger partial charge < -0.3 is 10.5 Å². The standard InChI is InChI=1S/C10H12FNO/c1-6-5-9(12)7-3-2-4-8(11)10(7)13-6/h2-4,6,9H,5,12H2,1H3. The van der Waals surface area contributed by atoms with E-state index in [0.717, 1.165) is 12.0 Å². The molecule has 0 aromatic heterocycles. The number of halogens is 1. The molecule has 13 heavy (non-hydrogen) atoms. The average molecular weight is 181 g/mol. The minimum Gasteiger partial charge on any atom is -0.487 e. The lowest BCUT2D eigenvalue weighted by atomic mass is 9.98. The second-order valence-electron chi connectivity index (χ2n) is 3.43. The first kappa shape index (κ1) is 8.51. The van der Waals surface area contributed by atoms with E-state index in [1.54, 1.807) is 6.07 Å². The predicted molar refractivity (Wildman–Crippen MR) is 48.0 cm³/mol. The molecule has 2 N–H and O–H groups in total. The van der Waals surface area contributed by atoms with Gasteiger partial charge in [0.15, 0.2) is 11.6 Å². The van der Waals surface area contributed by atoms with E-state index in [1.165, 1.54) is 6.07 Å². The molecule has 0 saturated carbocycles.